The first-order valence-electron chi connectivity index (χ1n) is 7.78. The summed E-state index contributed by atoms with van der Waals surface area (Å²) in [4.78, 5) is 12.2. The van der Waals surface area contributed by atoms with Crippen molar-refractivity contribution in [3.8, 4) is 5.69 Å². The predicted octanol–water partition coefficient (Wildman–Crippen LogP) is 0.928. The van der Waals surface area contributed by atoms with Gasteiger partial charge in [-0.1, -0.05) is 23.9 Å². The average Bonchev–Trinajstić information content (AvgIpc) is 3.26. The Morgan fingerprint density at radius 2 is 2.32 bits per heavy atom. The van der Waals surface area contributed by atoms with Gasteiger partial charge in [-0.05, 0) is 42.0 Å². The summed E-state index contributed by atoms with van der Waals surface area (Å²) in [5, 5.41) is 25.1. The highest BCUT2D eigenvalue weighted by Crippen LogP contribution is 2.23. The third-order valence-electron chi connectivity index (χ3n) is 3.48. The minimum Gasteiger partial charge on any atom is -0.355 e. The average molecular weight is 358 g/mol. The molecule has 0 aliphatic carbocycles. The van der Waals surface area contributed by atoms with Crippen LogP contribution in [0.25, 0.3) is 5.69 Å². The summed E-state index contributed by atoms with van der Waals surface area (Å²) in [7, 11) is 0. The molecule has 1 atom stereocenters. The normalized spacial score (nSPS) is 12.1. The van der Waals surface area contributed by atoms with Gasteiger partial charge in [-0.15, -0.1) is 5.10 Å². The second-order valence-corrected chi connectivity index (χ2v) is 6.78. The minimum atomic E-state index is -0.327. The van der Waals surface area contributed by atoms with Gasteiger partial charge in [0.25, 0.3) is 0 Å². The van der Waals surface area contributed by atoms with E-state index in [1.807, 2.05) is 38.1 Å². The number of aromatic nitrogens is 7. The van der Waals surface area contributed by atoms with Crippen molar-refractivity contribution in [2.24, 2.45) is 0 Å². The molecule has 0 saturated heterocycles. The number of carbonyl (C=O) groups is 1. The van der Waals surface area contributed by atoms with Crippen LogP contribution in [-0.4, -0.2) is 53.3 Å². The smallest absolute Gasteiger partial charge is 0.233 e. The maximum absolute atomic E-state index is 12.2. The summed E-state index contributed by atoms with van der Waals surface area (Å²) >= 11 is 1.31. The molecule has 0 aliphatic rings. The van der Waals surface area contributed by atoms with E-state index in [2.05, 4.69) is 36.3 Å². The molecule has 0 radical (unpaired) electrons. The summed E-state index contributed by atoms with van der Waals surface area (Å²) < 4.78 is 1.64. The fourth-order valence-electron chi connectivity index (χ4n) is 2.19. The van der Waals surface area contributed by atoms with E-state index in [1.165, 1.54) is 11.8 Å². The lowest BCUT2D eigenvalue weighted by atomic mass is 10.2. The van der Waals surface area contributed by atoms with Crippen LogP contribution >= 0.6 is 11.8 Å². The molecule has 3 aromatic rings. The van der Waals surface area contributed by atoms with Crippen molar-refractivity contribution in [1.29, 1.82) is 0 Å². The van der Waals surface area contributed by atoms with Gasteiger partial charge < -0.3 is 5.32 Å². The van der Waals surface area contributed by atoms with Gasteiger partial charge in [-0.25, -0.2) is 0 Å². The molecule has 10 heteroatoms. The Bertz CT molecular complexity index is 832. The topological polar surface area (TPSA) is 114 Å². The van der Waals surface area contributed by atoms with E-state index in [9.17, 15) is 4.79 Å². The van der Waals surface area contributed by atoms with Gasteiger partial charge in [0.2, 0.25) is 11.1 Å². The molecule has 2 N–H and O–H groups in total. The third kappa shape index (κ3) is 4.41. The molecular weight excluding hydrogens is 340 g/mol. The number of thioether (sulfide) groups is 1. The van der Waals surface area contributed by atoms with Gasteiger partial charge in [-0.2, -0.15) is 20.1 Å². The van der Waals surface area contributed by atoms with Crippen molar-refractivity contribution in [3.63, 3.8) is 0 Å². The van der Waals surface area contributed by atoms with Crippen LogP contribution in [0.4, 0.5) is 0 Å². The number of H-pyrrole nitrogens is 1. The Morgan fingerprint density at radius 1 is 1.44 bits per heavy atom. The van der Waals surface area contributed by atoms with Gasteiger partial charge in [0.05, 0.1) is 22.8 Å². The zero-order valence-corrected chi connectivity index (χ0v) is 14.7. The van der Waals surface area contributed by atoms with Crippen LogP contribution < -0.4 is 5.32 Å². The highest BCUT2D eigenvalue weighted by atomic mass is 32.2. The first-order valence-corrected chi connectivity index (χ1v) is 8.66. The molecule has 1 aromatic carbocycles. The van der Waals surface area contributed by atoms with Crippen molar-refractivity contribution >= 4 is 17.7 Å². The van der Waals surface area contributed by atoms with Crippen molar-refractivity contribution in [1.82, 2.24) is 40.9 Å². The van der Waals surface area contributed by atoms with E-state index in [0.29, 0.717) is 18.1 Å². The van der Waals surface area contributed by atoms with Crippen molar-refractivity contribution < 1.29 is 4.79 Å². The second-order valence-electron chi connectivity index (χ2n) is 5.47. The molecule has 130 valence electrons. The van der Waals surface area contributed by atoms with E-state index < -0.39 is 0 Å². The third-order valence-corrected chi connectivity index (χ3v) is 4.52. The predicted molar refractivity (Wildman–Crippen MR) is 92.3 cm³/mol. The Hall–Kier alpha value is -2.75. The van der Waals surface area contributed by atoms with Crippen LogP contribution in [0.15, 0.2) is 35.6 Å². The number of aryl methyl sites for hydroxylation is 1. The number of carbonyl (C=O) groups excluding carboxylic acids is 1. The fourth-order valence-corrected chi connectivity index (χ4v) is 3.02. The Morgan fingerprint density at radius 3 is 3.08 bits per heavy atom. The number of benzene rings is 1. The molecule has 9 nitrogen and oxygen atoms in total. The number of rotatable bonds is 7. The summed E-state index contributed by atoms with van der Waals surface area (Å²) in [6.45, 7) is 4.33. The van der Waals surface area contributed by atoms with Crippen LogP contribution in [0, 0.1) is 6.92 Å². The number of tetrazole rings is 1. The van der Waals surface area contributed by atoms with Crippen LogP contribution in [0.3, 0.4) is 0 Å². The van der Waals surface area contributed by atoms with Crippen LogP contribution in [0.1, 0.15) is 18.2 Å². The molecule has 0 bridgehead atoms. The Kier molecular flexibility index (Phi) is 5.39. The lowest BCUT2D eigenvalue weighted by Gasteiger charge is -2.11. The van der Waals surface area contributed by atoms with Gasteiger partial charge in [0.1, 0.15) is 0 Å². The number of amides is 1. The zero-order chi connectivity index (χ0) is 17.6. The molecule has 1 amide bonds. The minimum absolute atomic E-state index is 0.0766. The van der Waals surface area contributed by atoms with Crippen LogP contribution in [-0.2, 0) is 11.2 Å². The molecule has 2 aromatic heterocycles. The highest BCUT2D eigenvalue weighted by molar-refractivity contribution is 8.00. The highest BCUT2D eigenvalue weighted by Gasteiger charge is 2.19. The fraction of sp³-hybridized carbons (Fsp3) is 0.333. The van der Waals surface area contributed by atoms with E-state index in [1.54, 1.807) is 10.9 Å². The standard InChI is InChI=1S/C15H18N8OS/c1-10-4-3-5-13(8-10)23-15(19-21-22-23)25-11(2)14(24)16-7-6-12-9-17-20-18-12/h3-5,8-9,11H,6-7H2,1-2H3,(H,16,24)(H,17,18,20). The largest absolute Gasteiger partial charge is 0.355 e. The first-order chi connectivity index (χ1) is 12.1. The van der Waals surface area contributed by atoms with Crippen LogP contribution in [0.2, 0.25) is 0 Å². The van der Waals surface area contributed by atoms with Crippen molar-refractivity contribution in [2.45, 2.75) is 30.7 Å². The van der Waals surface area contributed by atoms with Crippen molar-refractivity contribution in [2.75, 3.05) is 6.54 Å². The van der Waals surface area contributed by atoms with E-state index in [0.717, 1.165) is 16.9 Å². The number of nitrogens with one attached hydrogen (secondary N) is 2. The van der Waals surface area contributed by atoms with Gasteiger partial charge in [0.15, 0.2) is 0 Å². The SMILES string of the molecule is Cc1cccc(-n2nnnc2SC(C)C(=O)NCCc2cn[nH]n2)c1. The van der Waals surface area contributed by atoms with Gasteiger partial charge in [-0.3, -0.25) is 4.79 Å². The molecule has 3 rings (SSSR count). The van der Waals surface area contributed by atoms with E-state index in [-0.39, 0.29) is 11.2 Å². The summed E-state index contributed by atoms with van der Waals surface area (Å²) in [6, 6.07) is 7.87. The molecule has 2 heterocycles. The summed E-state index contributed by atoms with van der Waals surface area (Å²) in [5.41, 5.74) is 2.79. The molecule has 25 heavy (non-hydrogen) atoms. The molecule has 1 unspecified atom stereocenters. The molecule has 0 saturated carbocycles. The van der Waals surface area contributed by atoms with Gasteiger partial charge in [0, 0.05) is 13.0 Å². The zero-order valence-electron chi connectivity index (χ0n) is 13.9. The Balaban J connectivity index is 1.58. The number of hydrogen-bond donors (Lipinski definition) is 2. The number of nitrogens with zero attached hydrogens (tertiary/aromatic N) is 6. The summed E-state index contributed by atoms with van der Waals surface area (Å²) in [6.07, 6.45) is 2.26. The van der Waals surface area contributed by atoms with Crippen LogP contribution in [0.5, 0.6) is 0 Å². The molecule has 0 fully saturated rings. The van der Waals surface area contributed by atoms with Gasteiger partial charge >= 0.3 is 0 Å². The maximum Gasteiger partial charge on any atom is 0.233 e. The number of aromatic amines is 1. The quantitative estimate of drug-likeness (QED) is 0.604. The van der Waals surface area contributed by atoms with E-state index >= 15 is 0 Å². The molecular formula is C15H18N8OS. The lowest BCUT2D eigenvalue weighted by molar-refractivity contribution is -0.120. The monoisotopic (exact) mass is 358 g/mol. The Labute approximate surface area is 148 Å². The van der Waals surface area contributed by atoms with E-state index in [4.69, 9.17) is 0 Å². The molecule has 0 spiro atoms. The lowest BCUT2D eigenvalue weighted by Crippen LogP contribution is -2.32. The van der Waals surface area contributed by atoms with Crippen molar-refractivity contribution in [3.05, 3.63) is 41.7 Å². The molecule has 0 aliphatic heterocycles. The maximum atomic E-state index is 12.2. The summed E-state index contributed by atoms with van der Waals surface area (Å²) in [5.74, 6) is -0.0766. The first kappa shape index (κ1) is 17.1. The second kappa shape index (κ2) is 7.88. The number of hydrogen-bond acceptors (Lipinski definition) is 7.